The smallest absolute Gasteiger partial charge is 0.328 e. The normalized spacial score (nSPS) is 18.7. The summed E-state index contributed by atoms with van der Waals surface area (Å²) >= 11 is 0. The summed E-state index contributed by atoms with van der Waals surface area (Å²) in [4.78, 5) is 13.0. The third-order valence-electron chi connectivity index (χ3n) is 3.53. The maximum absolute atomic E-state index is 10.8. The number of ether oxygens (including phenoxy) is 1. The Kier molecular flexibility index (Phi) is 3.85. The fourth-order valence-electron chi connectivity index (χ4n) is 2.58. The second kappa shape index (κ2) is 5.28. The molecule has 1 aliphatic rings. The van der Waals surface area contributed by atoms with Crippen molar-refractivity contribution in [2.75, 3.05) is 24.7 Å². The highest BCUT2D eigenvalue weighted by Crippen LogP contribution is 2.32. The molecule has 1 aromatic heterocycles. The highest BCUT2D eigenvalue weighted by atomic mass is 16.5. The summed E-state index contributed by atoms with van der Waals surface area (Å²) in [5.41, 5.74) is 1.52. The predicted molar refractivity (Wildman–Crippen MR) is 76.9 cm³/mol. The molecule has 0 aromatic carbocycles. The van der Waals surface area contributed by atoms with E-state index in [-0.39, 0.29) is 5.54 Å². The van der Waals surface area contributed by atoms with E-state index >= 15 is 0 Å². The molecular formula is C14H21N3O3. The van der Waals surface area contributed by atoms with Gasteiger partial charge in [-0.25, -0.2) is 4.79 Å². The number of hydrogen-bond donors (Lipinski definition) is 1. The monoisotopic (exact) mass is 279 g/mol. The summed E-state index contributed by atoms with van der Waals surface area (Å²) in [6.45, 7) is 8.17. The first kappa shape index (κ1) is 14.6. The third kappa shape index (κ3) is 2.70. The SMILES string of the molecule is Cc1nn(C)c(N2CCOCC2(C)C)c1C=CC(=O)O. The van der Waals surface area contributed by atoms with Gasteiger partial charge in [0, 0.05) is 25.2 Å². The van der Waals surface area contributed by atoms with Gasteiger partial charge in [-0.1, -0.05) is 0 Å². The number of morpholine rings is 1. The first-order valence-corrected chi connectivity index (χ1v) is 6.63. The number of carboxylic acids is 1. The first-order valence-electron chi connectivity index (χ1n) is 6.63. The Morgan fingerprint density at radius 3 is 2.80 bits per heavy atom. The molecule has 1 aliphatic heterocycles. The van der Waals surface area contributed by atoms with Crippen LogP contribution in [0, 0.1) is 6.92 Å². The molecule has 0 radical (unpaired) electrons. The van der Waals surface area contributed by atoms with Gasteiger partial charge >= 0.3 is 5.97 Å². The van der Waals surface area contributed by atoms with Crippen molar-refractivity contribution >= 4 is 17.9 Å². The van der Waals surface area contributed by atoms with E-state index in [2.05, 4.69) is 23.8 Å². The van der Waals surface area contributed by atoms with Crippen molar-refractivity contribution in [3.63, 3.8) is 0 Å². The lowest BCUT2D eigenvalue weighted by Gasteiger charge is -2.43. The standard InChI is InChI=1S/C14H21N3O3/c1-10-11(5-6-12(18)19)13(16(4)15-10)17-7-8-20-9-14(17,2)3/h5-6H,7-9H2,1-4H3,(H,18,19). The second-order valence-corrected chi connectivity index (χ2v) is 5.63. The van der Waals surface area contributed by atoms with Gasteiger partial charge in [0.25, 0.3) is 0 Å². The minimum Gasteiger partial charge on any atom is -0.478 e. The largest absolute Gasteiger partial charge is 0.478 e. The van der Waals surface area contributed by atoms with Crippen LogP contribution in [0.4, 0.5) is 5.82 Å². The lowest BCUT2D eigenvalue weighted by atomic mass is 10.0. The van der Waals surface area contributed by atoms with E-state index in [9.17, 15) is 4.79 Å². The van der Waals surface area contributed by atoms with Crippen LogP contribution in [0.15, 0.2) is 6.08 Å². The van der Waals surface area contributed by atoms with E-state index in [4.69, 9.17) is 9.84 Å². The summed E-state index contributed by atoms with van der Waals surface area (Å²) in [5, 5.41) is 13.2. The lowest BCUT2D eigenvalue weighted by Crippen LogP contribution is -2.54. The Bertz CT molecular complexity index is 546. The summed E-state index contributed by atoms with van der Waals surface area (Å²) in [7, 11) is 1.88. The van der Waals surface area contributed by atoms with E-state index in [0.29, 0.717) is 13.2 Å². The van der Waals surface area contributed by atoms with Crippen molar-refractivity contribution in [3.8, 4) is 0 Å². The maximum atomic E-state index is 10.8. The van der Waals surface area contributed by atoms with Gasteiger partial charge < -0.3 is 14.7 Å². The van der Waals surface area contributed by atoms with E-state index < -0.39 is 5.97 Å². The molecule has 6 heteroatoms. The fraction of sp³-hybridized carbons (Fsp3) is 0.571. The van der Waals surface area contributed by atoms with Crippen molar-refractivity contribution in [1.29, 1.82) is 0 Å². The van der Waals surface area contributed by atoms with Gasteiger partial charge in [0.05, 0.1) is 24.4 Å². The van der Waals surface area contributed by atoms with Crippen molar-refractivity contribution in [1.82, 2.24) is 9.78 Å². The maximum Gasteiger partial charge on any atom is 0.328 e. The number of aliphatic carboxylic acids is 1. The lowest BCUT2D eigenvalue weighted by molar-refractivity contribution is -0.131. The molecule has 6 nitrogen and oxygen atoms in total. The van der Waals surface area contributed by atoms with Crippen molar-refractivity contribution in [2.24, 2.45) is 7.05 Å². The molecule has 0 unspecified atom stereocenters. The predicted octanol–water partition coefficient (Wildman–Crippen LogP) is 1.44. The van der Waals surface area contributed by atoms with Crippen LogP contribution in [0.1, 0.15) is 25.1 Å². The average molecular weight is 279 g/mol. The number of aromatic nitrogens is 2. The summed E-state index contributed by atoms with van der Waals surface area (Å²) in [5.74, 6) is -0.0197. The molecule has 1 aromatic rings. The molecule has 0 saturated carbocycles. The zero-order chi connectivity index (χ0) is 14.9. The topological polar surface area (TPSA) is 67.6 Å². The van der Waals surface area contributed by atoms with Crippen LogP contribution in [-0.2, 0) is 16.6 Å². The van der Waals surface area contributed by atoms with Gasteiger partial charge in [-0.05, 0) is 26.8 Å². The highest BCUT2D eigenvalue weighted by molar-refractivity contribution is 5.87. The van der Waals surface area contributed by atoms with Gasteiger partial charge in [-0.2, -0.15) is 5.10 Å². The molecule has 1 N–H and O–H groups in total. The Balaban J connectivity index is 2.47. The number of anilines is 1. The number of carbonyl (C=O) groups is 1. The number of rotatable bonds is 3. The van der Waals surface area contributed by atoms with Crippen LogP contribution < -0.4 is 4.90 Å². The molecule has 0 aliphatic carbocycles. The Morgan fingerprint density at radius 2 is 2.20 bits per heavy atom. The fourth-order valence-corrected chi connectivity index (χ4v) is 2.58. The summed E-state index contributed by atoms with van der Waals surface area (Å²) < 4.78 is 7.35. The van der Waals surface area contributed by atoms with Crippen LogP contribution in [0.25, 0.3) is 6.08 Å². The summed E-state index contributed by atoms with van der Waals surface area (Å²) in [6.07, 6.45) is 2.77. The quantitative estimate of drug-likeness (QED) is 0.848. The van der Waals surface area contributed by atoms with Crippen molar-refractivity contribution < 1.29 is 14.6 Å². The van der Waals surface area contributed by atoms with Crippen molar-refractivity contribution in [3.05, 3.63) is 17.3 Å². The van der Waals surface area contributed by atoms with Crippen molar-refractivity contribution in [2.45, 2.75) is 26.3 Å². The van der Waals surface area contributed by atoms with E-state index in [1.165, 1.54) is 0 Å². The Labute approximate surface area is 118 Å². The minimum absolute atomic E-state index is 0.149. The second-order valence-electron chi connectivity index (χ2n) is 5.63. The van der Waals surface area contributed by atoms with Crippen LogP contribution in [-0.4, -0.2) is 46.2 Å². The average Bonchev–Trinajstić information content (AvgIpc) is 2.61. The van der Waals surface area contributed by atoms with Gasteiger partial charge in [0.2, 0.25) is 0 Å². The minimum atomic E-state index is -0.958. The number of aryl methyl sites for hydroxylation is 2. The molecule has 2 rings (SSSR count). The molecule has 110 valence electrons. The van der Waals surface area contributed by atoms with Gasteiger partial charge in [-0.3, -0.25) is 4.68 Å². The van der Waals surface area contributed by atoms with Gasteiger partial charge in [0.1, 0.15) is 5.82 Å². The van der Waals surface area contributed by atoms with Crippen LogP contribution in [0.3, 0.4) is 0 Å². The Morgan fingerprint density at radius 1 is 1.50 bits per heavy atom. The number of hydrogen-bond acceptors (Lipinski definition) is 4. The molecule has 0 amide bonds. The highest BCUT2D eigenvalue weighted by Gasteiger charge is 2.34. The third-order valence-corrected chi connectivity index (χ3v) is 3.53. The number of nitrogens with zero attached hydrogens (tertiary/aromatic N) is 3. The Hall–Kier alpha value is -1.82. The molecule has 1 saturated heterocycles. The molecule has 0 spiro atoms. The zero-order valence-electron chi connectivity index (χ0n) is 12.4. The molecule has 20 heavy (non-hydrogen) atoms. The van der Waals surface area contributed by atoms with Crippen LogP contribution >= 0.6 is 0 Å². The molecule has 1 fully saturated rings. The van der Waals surface area contributed by atoms with Crippen LogP contribution in [0.5, 0.6) is 0 Å². The van der Waals surface area contributed by atoms with E-state index in [1.54, 1.807) is 6.08 Å². The first-order chi connectivity index (χ1) is 9.33. The summed E-state index contributed by atoms with van der Waals surface area (Å²) in [6, 6.07) is 0. The molecule has 0 atom stereocenters. The van der Waals surface area contributed by atoms with Gasteiger partial charge in [-0.15, -0.1) is 0 Å². The van der Waals surface area contributed by atoms with Gasteiger partial charge in [0.15, 0.2) is 0 Å². The zero-order valence-corrected chi connectivity index (χ0v) is 12.4. The molecular weight excluding hydrogens is 258 g/mol. The number of carboxylic acid groups (broad SMARTS) is 1. The molecule has 2 heterocycles. The molecule has 0 bridgehead atoms. The van der Waals surface area contributed by atoms with E-state index in [1.807, 2.05) is 18.7 Å². The van der Waals surface area contributed by atoms with E-state index in [0.717, 1.165) is 29.7 Å². The van der Waals surface area contributed by atoms with Crippen LogP contribution in [0.2, 0.25) is 0 Å².